The van der Waals surface area contributed by atoms with Crippen LogP contribution in [-0.4, -0.2) is 40.3 Å². The summed E-state index contributed by atoms with van der Waals surface area (Å²) in [6.07, 6.45) is 0. The van der Waals surface area contributed by atoms with Crippen molar-refractivity contribution in [3.05, 3.63) is 29.3 Å². The third kappa shape index (κ3) is 3.95. The van der Waals surface area contributed by atoms with Crippen molar-refractivity contribution in [2.45, 2.75) is 6.92 Å². The van der Waals surface area contributed by atoms with Gasteiger partial charge in [-0.2, -0.15) is 0 Å². The molecule has 0 amide bonds. The molecule has 0 saturated carbocycles. The van der Waals surface area contributed by atoms with E-state index in [9.17, 15) is 18.0 Å². The Hall–Kier alpha value is -2.09. The third-order valence-corrected chi connectivity index (χ3v) is 3.74. The lowest BCUT2D eigenvalue weighted by Gasteiger charge is -2.09. The lowest BCUT2D eigenvalue weighted by atomic mass is 10.1. The molecule has 0 bridgehead atoms. The number of nitrogens with one attached hydrogen (secondary N) is 1. The van der Waals surface area contributed by atoms with E-state index in [0.717, 1.165) is 0 Å². The summed E-state index contributed by atoms with van der Waals surface area (Å²) in [6, 6.07) is 3.83. The van der Waals surface area contributed by atoms with Crippen LogP contribution in [0.25, 0.3) is 0 Å². The molecule has 0 radical (unpaired) electrons. The first-order valence-electron chi connectivity index (χ1n) is 5.65. The van der Waals surface area contributed by atoms with Crippen molar-refractivity contribution in [2.24, 2.45) is 0 Å². The van der Waals surface area contributed by atoms with Crippen molar-refractivity contribution >= 4 is 27.6 Å². The van der Waals surface area contributed by atoms with E-state index >= 15 is 0 Å². The van der Waals surface area contributed by atoms with Crippen LogP contribution in [0, 0.1) is 0 Å². The van der Waals surface area contributed by atoms with Gasteiger partial charge in [-0.3, -0.25) is 4.72 Å². The van der Waals surface area contributed by atoms with Gasteiger partial charge in [0.2, 0.25) is 10.0 Å². The number of esters is 2. The van der Waals surface area contributed by atoms with Gasteiger partial charge in [0.25, 0.3) is 0 Å². The molecule has 7 nitrogen and oxygen atoms in total. The van der Waals surface area contributed by atoms with E-state index in [4.69, 9.17) is 0 Å². The molecule has 0 unspecified atom stereocenters. The van der Waals surface area contributed by atoms with Crippen molar-refractivity contribution in [1.29, 1.82) is 0 Å². The maximum absolute atomic E-state index is 11.5. The zero-order valence-electron chi connectivity index (χ0n) is 11.3. The van der Waals surface area contributed by atoms with Crippen LogP contribution in [0.15, 0.2) is 18.2 Å². The van der Waals surface area contributed by atoms with Gasteiger partial charge in [0.05, 0.1) is 36.8 Å². The zero-order valence-corrected chi connectivity index (χ0v) is 12.1. The summed E-state index contributed by atoms with van der Waals surface area (Å²) in [7, 11) is -1.16. The van der Waals surface area contributed by atoms with Crippen LogP contribution in [0.4, 0.5) is 5.69 Å². The van der Waals surface area contributed by atoms with Crippen molar-refractivity contribution in [2.75, 3.05) is 24.7 Å². The Morgan fingerprint density at radius 2 is 1.50 bits per heavy atom. The summed E-state index contributed by atoms with van der Waals surface area (Å²) in [5.41, 5.74) is 0.184. The third-order valence-electron chi connectivity index (χ3n) is 2.43. The molecule has 0 atom stereocenters. The molecule has 1 rings (SSSR count). The van der Waals surface area contributed by atoms with Gasteiger partial charge in [-0.05, 0) is 25.1 Å². The maximum atomic E-state index is 11.5. The van der Waals surface area contributed by atoms with Crippen molar-refractivity contribution in [3.63, 3.8) is 0 Å². The molecule has 0 fully saturated rings. The van der Waals surface area contributed by atoms with Crippen molar-refractivity contribution in [3.8, 4) is 0 Å². The number of carbonyl (C=O) groups is 2. The normalized spacial score (nSPS) is 10.8. The molecule has 0 heterocycles. The molecule has 0 spiro atoms. The van der Waals surface area contributed by atoms with Crippen LogP contribution >= 0.6 is 0 Å². The minimum atomic E-state index is -3.53. The van der Waals surface area contributed by atoms with E-state index in [-0.39, 0.29) is 22.6 Å². The second-order valence-corrected chi connectivity index (χ2v) is 5.80. The standard InChI is InChI=1S/C12H15NO6S/c1-4-20(16,17)13-10-6-8(11(14)18-2)5-9(7-10)12(15)19-3/h5-7,13H,4H2,1-3H3. The first-order chi connectivity index (χ1) is 9.32. The predicted molar refractivity (Wildman–Crippen MR) is 72.2 cm³/mol. The molecule has 0 aliphatic heterocycles. The fourth-order valence-corrected chi connectivity index (χ4v) is 2.03. The Kier molecular flexibility index (Phi) is 5.09. The zero-order chi connectivity index (χ0) is 15.3. The van der Waals surface area contributed by atoms with E-state index < -0.39 is 22.0 Å². The number of rotatable bonds is 5. The topological polar surface area (TPSA) is 98.8 Å². The Morgan fingerprint density at radius 1 is 1.05 bits per heavy atom. The van der Waals surface area contributed by atoms with Gasteiger partial charge >= 0.3 is 11.9 Å². The minimum Gasteiger partial charge on any atom is -0.465 e. The highest BCUT2D eigenvalue weighted by atomic mass is 32.2. The molecule has 0 aromatic heterocycles. The van der Waals surface area contributed by atoms with Crippen molar-refractivity contribution < 1.29 is 27.5 Å². The highest BCUT2D eigenvalue weighted by Crippen LogP contribution is 2.18. The molecule has 1 aromatic carbocycles. The lowest BCUT2D eigenvalue weighted by molar-refractivity contribution is 0.0599. The molecule has 0 aliphatic rings. The van der Waals surface area contributed by atoms with Gasteiger partial charge in [0, 0.05) is 0 Å². The predicted octanol–water partition coefficient (Wildman–Crippen LogP) is 1.02. The van der Waals surface area contributed by atoms with Gasteiger partial charge in [-0.1, -0.05) is 0 Å². The highest BCUT2D eigenvalue weighted by Gasteiger charge is 2.16. The molecule has 1 N–H and O–H groups in total. The summed E-state index contributed by atoms with van der Waals surface area (Å²) in [4.78, 5) is 23.0. The molecule has 20 heavy (non-hydrogen) atoms. The fourth-order valence-electron chi connectivity index (χ4n) is 1.41. The average molecular weight is 301 g/mol. The quantitative estimate of drug-likeness (QED) is 0.815. The van der Waals surface area contributed by atoms with Crippen LogP contribution in [-0.2, 0) is 19.5 Å². The van der Waals surface area contributed by atoms with E-state index in [1.165, 1.54) is 39.3 Å². The lowest BCUT2D eigenvalue weighted by Crippen LogP contribution is -2.16. The monoisotopic (exact) mass is 301 g/mol. The molecule has 8 heteroatoms. The Bertz CT molecular complexity index is 589. The van der Waals surface area contributed by atoms with E-state index in [2.05, 4.69) is 14.2 Å². The van der Waals surface area contributed by atoms with E-state index in [0.29, 0.717) is 0 Å². The number of sulfonamides is 1. The smallest absolute Gasteiger partial charge is 0.337 e. The van der Waals surface area contributed by atoms with Gasteiger partial charge in [-0.15, -0.1) is 0 Å². The summed E-state index contributed by atoms with van der Waals surface area (Å²) in [6.45, 7) is 1.47. The average Bonchev–Trinajstić information content (AvgIpc) is 2.44. The van der Waals surface area contributed by atoms with Crippen LogP contribution in [0.2, 0.25) is 0 Å². The van der Waals surface area contributed by atoms with Crippen LogP contribution < -0.4 is 4.72 Å². The fraction of sp³-hybridized carbons (Fsp3) is 0.333. The van der Waals surface area contributed by atoms with Gasteiger partial charge in [-0.25, -0.2) is 18.0 Å². The molecule has 110 valence electrons. The van der Waals surface area contributed by atoms with Crippen LogP contribution in [0.5, 0.6) is 0 Å². The number of hydrogen-bond acceptors (Lipinski definition) is 6. The number of hydrogen-bond donors (Lipinski definition) is 1. The Balaban J connectivity index is 3.30. The largest absolute Gasteiger partial charge is 0.465 e. The number of carbonyl (C=O) groups excluding carboxylic acids is 2. The van der Waals surface area contributed by atoms with Gasteiger partial charge in [0.15, 0.2) is 0 Å². The van der Waals surface area contributed by atoms with Crippen molar-refractivity contribution in [1.82, 2.24) is 0 Å². The van der Waals surface area contributed by atoms with Gasteiger partial charge in [0.1, 0.15) is 0 Å². The first-order valence-corrected chi connectivity index (χ1v) is 7.30. The summed E-state index contributed by atoms with van der Waals surface area (Å²) in [5.74, 6) is -1.51. The molecular weight excluding hydrogens is 286 g/mol. The molecule has 0 aliphatic carbocycles. The number of anilines is 1. The van der Waals surface area contributed by atoms with Crippen LogP contribution in [0.3, 0.4) is 0 Å². The van der Waals surface area contributed by atoms with Gasteiger partial charge < -0.3 is 9.47 Å². The molecule has 1 aromatic rings. The number of benzene rings is 1. The summed E-state index contributed by atoms with van der Waals surface area (Å²) in [5, 5.41) is 0. The Morgan fingerprint density at radius 3 is 1.85 bits per heavy atom. The summed E-state index contributed by atoms with van der Waals surface area (Å²) < 4.78 is 34.4. The summed E-state index contributed by atoms with van der Waals surface area (Å²) >= 11 is 0. The second kappa shape index (κ2) is 6.38. The minimum absolute atomic E-state index is 0.0456. The van der Waals surface area contributed by atoms with Crippen LogP contribution in [0.1, 0.15) is 27.6 Å². The SMILES string of the molecule is CCS(=O)(=O)Nc1cc(C(=O)OC)cc(C(=O)OC)c1. The second-order valence-electron chi connectivity index (χ2n) is 3.79. The molecular formula is C12H15NO6S. The van der Waals surface area contributed by atoms with E-state index in [1.807, 2.05) is 0 Å². The number of ether oxygens (including phenoxy) is 2. The number of methoxy groups -OCH3 is 2. The highest BCUT2D eigenvalue weighted by molar-refractivity contribution is 7.92. The first kappa shape index (κ1) is 16.0. The Labute approximate surface area is 116 Å². The maximum Gasteiger partial charge on any atom is 0.337 e. The van der Waals surface area contributed by atoms with E-state index in [1.54, 1.807) is 0 Å². The molecule has 0 saturated heterocycles.